The van der Waals surface area contributed by atoms with Gasteiger partial charge in [-0.2, -0.15) is 0 Å². The predicted molar refractivity (Wildman–Crippen MR) is 112 cm³/mol. The predicted octanol–water partition coefficient (Wildman–Crippen LogP) is 3.70. The molecule has 3 aromatic carbocycles. The van der Waals surface area contributed by atoms with Crippen molar-refractivity contribution in [3.63, 3.8) is 0 Å². The van der Waals surface area contributed by atoms with Crippen molar-refractivity contribution in [1.29, 1.82) is 0 Å². The number of hydrogen-bond donors (Lipinski definition) is 3. The fraction of sp³-hybridized carbons (Fsp3) is 0.0476. The molecule has 0 fully saturated rings. The maximum Gasteiger partial charge on any atom is 0.293 e. The molecular formula is C21H18N4O5. The number of anilines is 3. The fourth-order valence-electron chi connectivity index (χ4n) is 2.74. The number of hydrogen-bond acceptors (Lipinski definition) is 6. The van der Waals surface area contributed by atoms with Crippen LogP contribution in [0.1, 0.15) is 20.7 Å². The van der Waals surface area contributed by atoms with Crippen LogP contribution >= 0.6 is 0 Å². The van der Waals surface area contributed by atoms with E-state index in [1.54, 1.807) is 48.5 Å². The Morgan fingerprint density at radius 2 is 1.63 bits per heavy atom. The number of amides is 2. The van der Waals surface area contributed by atoms with E-state index < -0.39 is 10.8 Å². The van der Waals surface area contributed by atoms with Gasteiger partial charge in [0.15, 0.2) is 0 Å². The summed E-state index contributed by atoms with van der Waals surface area (Å²) in [4.78, 5) is 34.4. The maximum absolute atomic E-state index is 12.5. The number of nitro benzene ring substituents is 1. The van der Waals surface area contributed by atoms with Gasteiger partial charge < -0.3 is 21.1 Å². The van der Waals surface area contributed by atoms with E-state index in [9.17, 15) is 19.7 Å². The smallest absolute Gasteiger partial charge is 0.293 e. The zero-order valence-electron chi connectivity index (χ0n) is 15.9. The summed E-state index contributed by atoms with van der Waals surface area (Å²) in [5.74, 6) is -0.547. The number of para-hydroxylation sites is 2. The third kappa shape index (κ3) is 4.53. The molecule has 0 unspecified atom stereocenters. The third-order valence-electron chi connectivity index (χ3n) is 4.26. The molecule has 30 heavy (non-hydrogen) atoms. The lowest BCUT2D eigenvalue weighted by Gasteiger charge is -2.11. The molecule has 9 nitrogen and oxygen atoms in total. The number of primary amides is 1. The van der Waals surface area contributed by atoms with Gasteiger partial charge in [0.05, 0.1) is 17.7 Å². The second kappa shape index (κ2) is 8.74. The second-order valence-electron chi connectivity index (χ2n) is 6.21. The van der Waals surface area contributed by atoms with E-state index in [-0.39, 0.29) is 22.8 Å². The molecule has 4 N–H and O–H groups in total. The molecule has 0 aromatic heterocycles. The van der Waals surface area contributed by atoms with Gasteiger partial charge >= 0.3 is 0 Å². The molecule has 0 aliphatic heterocycles. The average Bonchev–Trinajstić information content (AvgIpc) is 2.74. The van der Waals surface area contributed by atoms with E-state index >= 15 is 0 Å². The summed E-state index contributed by atoms with van der Waals surface area (Å²) >= 11 is 0. The van der Waals surface area contributed by atoms with Crippen molar-refractivity contribution in [2.45, 2.75) is 0 Å². The van der Waals surface area contributed by atoms with Crippen LogP contribution in [0.2, 0.25) is 0 Å². The highest BCUT2D eigenvalue weighted by molar-refractivity contribution is 6.05. The van der Waals surface area contributed by atoms with E-state index in [1.165, 1.54) is 19.2 Å². The zero-order chi connectivity index (χ0) is 21.7. The van der Waals surface area contributed by atoms with Gasteiger partial charge in [-0.3, -0.25) is 19.7 Å². The van der Waals surface area contributed by atoms with Crippen LogP contribution in [0.25, 0.3) is 0 Å². The van der Waals surface area contributed by atoms with E-state index in [2.05, 4.69) is 10.6 Å². The SMILES string of the molecule is COc1ccccc1NC(=O)c1ccc(Nc2ccc(C(N)=O)cc2[N+](=O)[O-])cc1. The number of ether oxygens (including phenoxy) is 1. The van der Waals surface area contributed by atoms with Crippen LogP contribution in [0.3, 0.4) is 0 Å². The van der Waals surface area contributed by atoms with Crippen LogP contribution in [-0.4, -0.2) is 23.8 Å². The zero-order valence-corrected chi connectivity index (χ0v) is 15.9. The first-order valence-corrected chi connectivity index (χ1v) is 8.78. The van der Waals surface area contributed by atoms with Gasteiger partial charge in [0, 0.05) is 22.9 Å². The molecule has 3 aromatic rings. The molecule has 0 bridgehead atoms. The van der Waals surface area contributed by atoms with Crippen molar-refractivity contribution in [1.82, 2.24) is 0 Å². The Hall–Kier alpha value is -4.40. The molecule has 2 amide bonds. The highest BCUT2D eigenvalue weighted by atomic mass is 16.6. The molecule has 9 heteroatoms. The number of nitrogens with one attached hydrogen (secondary N) is 2. The Bertz CT molecular complexity index is 1110. The summed E-state index contributed by atoms with van der Waals surface area (Å²) in [6.45, 7) is 0. The number of nitro groups is 1. The molecule has 0 spiro atoms. The number of benzene rings is 3. The topological polar surface area (TPSA) is 137 Å². The van der Waals surface area contributed by atoms with Crippen LogP contribution in [0.15, 0.2) is 66.7 Å². The standard InChI is InChI=1S/C21H18N4O5/c1-30-19-5-3-2-4-17(19)24-21(27)13-6-9-15(10-7-13)23-16-11-8-14(20(22)26)12-18(16)25(28)29/h2-12,23H,1H3,(H2,22,26)(H,24,27). The van der Waals surface area contributed by atoms with Gasteiger partial charge in [0.2, 0.25) is 5.91 Å². The number of rotatable bonds is 7. The van der Waals surface area contributed by atoms with Gasteiger partial charge in [-0.1, -0.05) is 12.1 Å². The second-order valence-corrected chi connectivity index (χ2v) is 6.21. The maximum atomic E-state index is 12.5. The molecule has 0 atom stereocenters. The normalized spacial score (nSPS) is 10.2. The van der Waals surface area contributed by atoms with Crippen molar-refractivity contribution < 1.29 is 19.2 Å². The molecular weight excluding hydrogens is 388 g/mol. The first-order valence-electron chi connectivity index (χ1n) is 8.78. The quantitative estimate of drug-likeness (QED) is 0.404. The number of methoxy groups -OCH3 is 1. The van der Waals surface area contributed by atoms with Crippen LogP contribution in [0.4, 0.5) is 22.7 Å². The number of carbonyl (C=O) groups is 2. The van der Waals surface area contributed by atoms with Crippen LogP contribution < -0.4 is 21.1 Å². The molecule has 3 rings (SSSR count). The third-order valence-corrected chi connectivity index (χ3v) is 4.26. The molecule has 152 valence electrons. The van der Waals surface area contributed by atoms with E-state index in [1.807, 2.05) is 0 Å². The average molecular weight is 406 g/mol. The Morgan fingerprint density at radius 3 is 2.27 bits per heavy atom. The molecule has 0 aliphatic rings. The first kappa shape index (κ1) is 20.3. The monoisotopic (exact) mass is 406 g/mol. The van der Waals surface area contributed by atoms with Crippen molar-refractivity contribution >= 4 is 34.6 Å². The van der Waals surface area contributed by atoms with Gasteiger partial charge in [0.1, 0.15) is 11.4 Å². The minimum Gasteiger partial charge on any atom is -0.495 e. The lowest BCUT2D eigenvalue weighted by molar-refractivity contribution is -0.383. The van der Waals surface area contributed by atoms with Crippen molar-refractivity contribution in [2.75, 3.05) is 17.7 Å². The molecule has 0 heterocycles. The molecule has 0 radical (unpaired) electrons. The number of nitrogens with zero attached hydrogens (tertiary/aromatic N) is 1. The highest BCUT2D eigenvalue weighted by Crippen LogP contribution is 2.29. The van der Waals surface area contributed by atoms with E-state index in [4.69, 9.17) is 10.5 Å². The summed E-state index contributed by atoms with van der Waals surface area (Å²) < 4.78 is 5.21. The Morgan fingerprint density at radius 1 is 0.967 bits per heavy atom. The number of carbonyl (C=O) groups excluding carboxylic acids is 2. The minimum absolute atomic E-state index is 0.0376. The number of nitrogens with two attached hydrogens (primary N) is 1. The Labute approximate surface area is 171 Å². The van der Waals surface area contributed by atoms with Crippen LogP contribution in [0, 0.1) is 10.1 Å². The minimum atomic E-state index is -0.755. The molecule has 0 aliphatic carbocycles. The largest absolute Gasteiger partial charge is 0.495 e. The van der Waals surface area contributed by atoms with E-state index in [0.717, 1.165) is 6.07 Å². The van der Waals surface area contributed by atoms with Crippen molar-refractivity contribution in [3.8, 4) is 5.75 Å². The summed E-state index contributed by atoms with van der Waals surface area (Å²) in [5, 5.41) is 17.0. The van der Waals surface area contributed by atoms with Crippen molar-refractivity contribution in [2.24, 2.45) is 5.73 Å². The highest BCUT2D eigenvalue weighted by Gasteiger charge is 2.17. The Balaban J connectivity index is 1.77. The van der Waals surface area contributed by atoms with Gasteiger partial charge in [-0.25, -0.2) is 0 Å². The summed E-state index contributed by atoms with van der Waals surface area (Å²) in [5.41, 5.74) is 6.58. The van der Waals surface area contributed by atoms with Crippen LogP contribution in [-0.2, 0) is 0 Å². The van der Waals surface area contributed by atoms with Gasteiger partial charge in [-0.05, 0) is 48.5 Å². The summed E-state index contributed by atoms with van der Waals surface area (Å²) in [6, 6.07) is 17.3. The summed E-state index contributed by atoms with van der Waals surface area (Å²) in [7, 11) is 1.51. The fourth-order valence-corrected chi connectivity index (χ4v) is 2.74. The first-order chi connectivity index (χ1) is 14.4. The molecule has 0 saturated heterocycles. The lowest BCUT2D eigenvalue weighted by atomic mass is 10.1. The van der Waals surface area contributed by atoms with E-state index in [0.29, 0.717) is 22.7 Å². The molecule has 0 saturated carbocycles. The van der Waals surface area contributed by atoms with Gasteiger partial charge in [-0.15, -0.1) is 0 Å². The summed E-state index contributed by atoms with van der Waals surface area (Å²) in [6.07, 6.45) is 0. The van der Waals surface area contributed by atoms with Gasteiger partial charge in [0.25, 0.3) is 11.6 Å². The van der Waals surface area contributed by atoms with Crippen molar-refractivity contribution in [3.05, 3.63) is 88.0 Å². The van der Waals surface area contributed by atoms with Crippen LogP contribution in [0.5, 0.6) is 5.75 Å². The Kier molecular flexibility index (Phi) is 5.92. The lowest BCUT2D eigenvalue weighted by Crippen LogP contribution is -2.12.